The van der Waals surface area contributed by atoms with Gasteiger partial charge in [-0.15, -0.1) is 11.3 Å². The lowest BCUT2D eigenvalue weighted by atomic mass is 10.2. The van der Waals surface area contributed by atoms with Crippen molar-refractivity contribution in [3.63, 3.8) is 0 Å². The summed E-state index contributed by atoms with van der Waals surface area (Å²) in [5.41, 5.74) is 0. The molecule has 0 aliphatic carbocycles. The normalized spacial score (nSPS) is 10.5. The molecule has 0 bridgehead atoms. The number of rotatable bonds is 5. The number of hydrogen-bond acceptors (Lipinski definition) is 2. The van der Waals surface area contributed by atoms with Crippen molar-refractivity contribution in [2.24, 2.45) is 0 Å². The maximum atomic E-state index is 8.64. The Kier molecular flexibility index (Phi) is 4.33. The molecule has 0 radical (unpaired) electrons. The number of hydrogen-bond donors (Lipinski definition) is 1. The van der Waals surface area contributed by atoms with Gasteiger partial charge in [0.05, 0.1) is 0 Å². The van der Waals surface area contributed by atoms with Gasteiger partial charge in [0.15, 0.2) is 0 Å². The second-order valence-electron chi connectivity index (χ2n) is 2.95. The fourth-order valence-electron chi connectivity index (χ4n) is 1.19. The van der Waals surface area contributed by atoms with Crippen LogP contribution < -0.4 is 0 Å². The third kappa shape index (κ3) is 2.95. The van der Waals surface area contributed by atoms with Crippen molar-refractivity contribution in [2.75, 3.05) is 6.61 Å². The van der Waals surface area contributed by atoms with Crippen molar-refractivity contribution >= 4 is 11.3 Å². The second kappa shape index (κ2) is 5.33. The molecule has 0 unspecified atom stereocenters. The average Bonchev–Trinajstić information content (AvgIpc) is 2.50. The van der Waals surface area contributed by atoms with E-state index >= 15 is 0 Å². The van der Waals surface area contributed by atoms with Crippen LogP contribution in [0.1, 0.15) is 29.5 Å². The highest BCUT2D eigenvalue weighted by molar-refractivity contribution is 7.11. The Balaban J connectivity index is 2.41. The quantitative estimate of drug-likeness (QED) is 0.746. The van der Waals surface area contributed by atoms with Gasteiger partial charge in [-0.3, -0.25) is 0 Å². The molecular weight excluding hydrogens is 168 g/mol. The van der Waals surface area contributed by atoms with Crippen LogP contribution in [0.25, 0.3) is 0 Å². The molecule has 0 amide bonds. The van der Waals surface area contributed by atoms with Gasteiger partial charge >= 0.3 is 0 Å². The highest BCUT2D eigenvalue weighted by Crippen LogP contribution is 2.19. The van der Waals surface area contributed by atoms with Crippen LogP contribution in [0.2, 0.25) is 0 Å². The molecular formula is C10H16OS. The van der Waals surface area contributed by atoms with Gasteiger partial charge in [0.1, 0.15) is 0 Å². The number of aryl methyl sites for hydroxylation is 2. The lowest BCUT2D eigenvalue weighted by Crippen LogP contribution is -1.84. The van der Waals surface area contributed by atoms with E-state index in [4.69, 9.17) is 5.11 Å². The van der Waals surface area contributed by atoms with Crippen LogP contribution in [0, 0.1) is 0 Å². The predicted octanol–water partition coefficient (Wildman–Crippen LogP) is 2.63. The molecule has 0 fully saturated rings. The number of aliphatic hydroxyl groups is 1. The van der Waals surface area contributed by atoms with Gasteiger partial charge in [-0.05, 0) is 31.4 Å². The molecule has 0 atom stereocenters. The standard InChI is InChI=1S/C10H16OS/c1-2-4-9-6-7-10(12-9)5-3-8-11/h6-7,11H,2-5,8H2,1H3. The Morgan fingerprint density at radius 2 is 1.92 bits per heavy atom. The van der Waals surface area contributed by atoms with E-state index < -0.39 is 0 Å². The number of thiophene rings is 1. The van der Waals surface area contributed by atoms with Crippen LogP contribution in [0.15, 0.2) is 12.1 Å². The third-order valence-corrected chi connectivity index (χ3v) is 3.00. The predicted molar refractivity (Wildman–Crippen MR) is 53.7 cm³/mol. The van der Waals surface area contributed by atoms with E-state index in [0.717, 1.165) is 12.8 Å². The molecule has 0 saturated heterocycles. The first-order chi connectivity index (χ1) is 5.86. The molecule has 0 spiro atoms. The van der Waals surface area contributed by atoms with Gasteiger partial charge in [-0.1, -0.05) is 13.3 Å². The zero-order valence-corrected chi connectivity index (χ0v) is 8.36. The first-order valence-corrected chi connectivity index (χ1v) is 5.37. The summed E-state index contributed by atoms with van der Waals surface area (Å²) in [6, 6.07) is 4.40. The van der Waals surface area contributed by atoms with Crippen molar-refractivity contribution in [1.82, 2.24) is 0 Å². The lowest BCUT2D eigenvalue weighted by Gasteiger charge is -1.92. The summed E-state index contributed by atoms with van der Waals surface area (Å²) in [4.78, 5) is 2.89. The maximum absolute atomic E-state index is 8.64. The number of aliphatic hydroxyl groups excluding tert-OH is 1. The molecule has 68 valence electrons. The summed E-state index contributed by atoms with van der Waals surface area (Å²) in [6.45, 7) is 2.51. The molecule has 1 rings (SSSR count). The summed E-state index contributed by atoms with van der Waals surface area (Å²) >= 11 is 1.89. The Labute approximate surface area is 78.1 Å². The zero-order valence-electron chi connectivity index (χ0n) is 7.55. The van der Waals surface area contributed by atoms with E-state index in [9.17, 15) is 0 Å². The Morgan fingerprint density at radius 1 is 1.25 bits per heavy atom. The Bertz CT molecular complexity index is 217. The fraction of sp³-hybridized carbons (Fsp3) is 0.600. The van der Waals surface area contributed by atoms with E-state index in [1.165, 1.54) is 22.6 Å². The van der Waals surface area contributed by atoms with Crippen molar-refractivity contribution < 1.29 is 5.11 Å². The molecule has 0 saturated carbocycles. The fourth-order valence-corrected chi connectivity index (χ4v) is 2.35. The van der Waals surface area contributed by atoms with E-state index in [0.29, 0.717) is 6.61 Å². The van der Waals surface area contributed by atoms with Gasteiger partial charge in [0, 0.05) is 16.4 Å². The Hall–Kier alpha value is -0.340. The molecule has 1 nitrogen and oxygen atoms in total. The van der Waals surface area contributed by atoms with Crippen molar-refractivity contribution in [3.8, 4) is 0 Å². The van der Waals surface area contributed by atoms with Crippen LogP contribution in [0.3, 0.4) is 0 Å². The minimum atomic E-state index is 0.307. The average molecular weight is 184 g/mol. The summed E-state index contributed by atoms with van der Waals surface area (Å²) in [6.07, 6.45) is 4.35. The van der Waals surface area contributed by atoms with E-state index in [1.807, 2.05) is 11.3 Å². The van der Waals surface area contributed by atoms with E-state index in [2.05, 4.69) is 19.1 Å². The summed E-state index contributed by atoms with van der Waals surface area (Å²) in [5.74, 6) is 0. The third-order valence-electron chi connectivity index (χ3n) is 1.79. The molecule has 12 heavy (non-hydrogen) atoms. The van der Waals surface area contributed by atoms with Gasteiger partial charge in [0.25, 0.3) is 0 Å². The molecule has 0 aliphatic heterocycles. The molecule has 1 heterocycles. The van der Waals surface area contributed by atoms with E-state index in [1.54, 1.807) is 0 Å². The molecule has 1 aromatic heterocycles. The summed E-state index contributed by atoms with van der Waals surface area (Å²) in [5, 5.41) is 8.64. The highest BCUT2D eigenvalue weighted by Gasteiger charge is 1.98. The first-order valence-electron chi connectivity index (χ1n) is 4.55. The van der Waals surface area contributed by atoms with Crippen molar-refractivity contribution in [3.05, 3.63) is 21.9 Å². The zero-order chi connectivity index (χ0) is 8.81. The second-order valence-corrected chi connectivity index (χ2v) is 4.20. The Morgan fingerprint density at radius 3 is 2.50 bits per heavy atom. The topological polar surface area (TPSA) is 20.2 Å². The van der Waals surface area contributed by atoms with Gasteiger partial charge in [-0.25, -0.2) is 0 Å². The first kappa shape index (κ1) is 9.75. The summed E-state index contributed by atoms with van der Waals surface area (Å²) < 4.78 is 0. The van der Waals surface area contributed by atoms with Gasteiger partial charge < -0.3 is 5.11 Å². The maximum Gasteiger partial charge on any atom is 0.0434 e. The smallest absolute Gasteiger partial charge is 0.0434 e. The summed E-state index contributed by atoms with van der Waals surface area (Å²) in [7, 11) is 0. The van der Waals surface area contributed by atoms with Crippen LogP contribution >= 0.6 is 11.3 Å². The molecule has 1 aromatic rings. The van der Waals surface area contributed by atoms with Crippen LogP contribution in [0.4, 0.5) is 0 Å². The van der Waals surface area contributed by atoms with Crippen LogP contribution in [-0.4, -0.2) is 11.7 Å². The van der Waals surface area contributed by atoms with Crippen molar-refractivity contribution in [2.45, 2.75) is 32.6 Å². The SMILES string of the molecule is CCCc1ccc(CCCO)s1. The van der Waals surface area contributed by atoms with E-state index in [-0.39, 0.29) is 0 Å². The van der Waals surface area contributed by atoms with Gasteiger partial charge in [-0.2, -0.15) is 0 Å². The minimum absolute atomic E-state index is 0.307. The highest BCUT2D eigenvalue weighted by atomic mass is 32.1. The van der Waals surface area contributed by atoms with Crippen molar-refractivity contribution in [1.29, 1.82) is 0 Å². The van der Waals surface area contributed by atoms with Crippen LogP contribution in [0.5, 0.6) is 0 Å². The molecule has 1 N–H and O–H groups in total. The lowest BCUT2D eigenvalue weighted by molar-refractivity contribution is 0.289. The minimum Gasteiger partial charge on any atom is -0.396 e. The van der Waals surface area contributed by atoms with Crippen LogP contribution in [-0.2, 0) is 12.8 Å². The molecule has 0 aliphatic rings. The molecule has 2 heteroatoms. The molecule has 0 aromatic carbocycles. The van der Waals surface area contributed by atoms with Gasteiger partial charge in [0.2, 0.25) is 0 Å². The largest absolute Gasteiger partial charge is 0.396 e. The monoisotopic (exact) mass is 184 g/mol.